The van der Waals surface area contributed by atoms with Crippen LogP contribution in [0.2, 0.25) is 5.02 Å². The molecular weight excluding hydrogens is 529 g/mol. The molecule has 10 heteroatoms. The van der Waals surface area contributed by atoms with E-state index in [-0.39, 0.29) is 34.1 Å². The first-order valence-electron chi connectivity index (χ1n) is 12.0. The molecule has 5 rings (SSSR count). The topological polar surface area (TPSA) is 67.2 Å². The van der Waals surface area contributed by atoms with Gasteiger partial charge >= 0.3 is 0 Å². The van der Waals surface area contributed by atoms with Gasteiger partial charge in [-0.1, -0.05) is 35.9 Å². The Labute approximate surface area is 227 Å². The smallest absolute Gasteiger partial charge is 0.275 e. The number of allylic oxidation sites excluding steroid dienone is 1. The Morgan fingerprint density at radius 3 is 2.56 bits per heavy atom. The van der Waals surface area contributed by atoms with Crippen molar-refractivity contribution in [3.63, 3.8) is 0 Å². The number of nitrogens with zero attached hydrogens (tertiary/aromatic N) is 3. The number of amides is 2. The van der Waals surface area contributed by atoms with Gasteiger partial charge in [0, 0.05) is 42.1 Å². The fourth-order valence-electron chi connectivity index (χ4n) is 4.44. The molecule has 4 aromatic rings. The van der Waals surface area contributed by atoms with Gasteiger partial charge in [0.25, 0.3) is 11.8 Å². The van der Waals surface area contributed by atoms with Gasteiger partial charge in [-0.2, -0.15) is 5.10 Å². The van der Waals surface area contributed by atoms with Crippen molar-refractivity contribution in [2.75, 3.05) is 16.8 Å². The second-order valence-corrected chi connectivity index (χ2v) is 9.46. The summed E-state index contributed by atoms with van der Waals surface area (Å²) < 4.78 is 46.0. The van der Waals surface area contributed by atoms with E-state index in [0.717, 1.165) is 17.8 Å². The van der Waals surface area contributed by atoms with Crippen LogP contribution in [0, 0.1) is 12.7 Å². The van der Waals surface area contributed by atoms with Crippen LogP contribution in [0.1, 0.15) is 28.0 Å². The minimum Gasteiger partial charge on any atom is -0.322 e. The van der Waals surface area contributed by atoms with Crippen molar-refractivity contribution in [2.45, 2.75) is 19.3 Å². The Morgan fingerprint density at radius 1 is 1.05 bits per heavy atom. The molecule has 0 atom stereocenters. The maximum Gasteiger partial charge on any atom is 0.275 e. The molecule has 3 aromatic carbocycles. The monoisotopic (exact) mass is 550 g/mol. The molecule has 0 spiro atoms. The molecule has 0 unspecified atom stereocenters. The number of fused-ring (bicyclic) bond motifs is 1. The maximum absolute atomic E-state index is 15.4. The lowest BCUT2D eigenvalue weighted by molar-refractivity contribution is -0.112. The zero-order valence-corrected chi connectivity index (χ0v) is 21.4. The molecule has 0 bridgehead atoms. The highest BCUT2D eigenvalue weighted by Crippen LogP contribution is 2.43. The second kappa shape index (κ2) is 10.4. The molecule has 0 saturated carbocycles. The van der Waals surface area contributed by atoms with Crippen LogP contribution in [0.15, 0.2) is 85.1 Å². The van der Waals surface area contributed by atoms with Crippen molar-refractivity contribution in [3.8, 4) is 5.69 Å². The summed E-state index contributed by atoms with van der Waals surface area (Å²) in [4.78, 5) is 27.6. The first-order chi connectivity index (χ1) is 18.6. The number of nitrogens with one attached hydrogen (secondary N) is 1. The van der Waals surface area contributed by atoms with Crippen LogP contribution in [0.25, 0.3) is 11.3 Å². The van der Waals surface area contributed by atoms with E-state index in [9.17, 15) is 14.0 Å². The summed E-state index contributed by atoms with van der Waals surface area (Å²) in [6.07, 6.45) is 1.83. The summed E-state index contributed by atoms with van der Waals surface area (Å²) in [5, 5.41) is 6.88. The molecule has 2 amide bonds. The highest BCUT2D eigenvalue weighted by atomic mass is 35.5. The number of halogens is 4. The lowest BCUT2D eigenvalue weighted by Crippen LogP contribution is -2.33. The minimum atomic E-state index is -3.43. The van der Waals surface area contributed by atoms with E-state index >= 15 is 8.78 Å². The number of hydrogen-bond acceptors (Lipinski definition) is 3. The Balaban J connectivity index is 1.49. The summed E-state index contributed by atoms with van der Waals surface area (Å²) in [5.74, 6) is -5.42. The summed E-state index contributed by atoms with van der Waals surface area (Å²) in [5.41, 5.74) is 1.41. The number of carbonyl (C=O) groups excluding carboxylic acids is 2. The van der Waals surface area contributed by atoms with E-state index < -0.39 is 35.5 Å². The third-order valence-corrected chi connectivity index (χ3v) is 6.62. The molecule has 1 N–H and O–H groups in total. The molecule has 1 aliphatic heterocycles. The molecular formula is C29H22ClF3N4O2. The van der Waals surface area contributed by atoms with Gasteiger partial charge in [-0.15, -0.1) is 0 Å². The lowest BCUT2D eigenvalue weighted by Gasteiger charge is -2.23. The first-order valence-corrected chi connectivity index (χ1v) is 12.4. The number of para-hydroxylation sites is 1. The highest BCUT2D eigenvalue weighted by Gasteiger charge is 2.41. The van der Waals surface area contributed by atoms with Gasteiger partial charge in [0.15, 0.2) is 0 Å². The van der Waals surface area contributed by atoms with Crippen molar-refractivity contribution in [2.24, 2.45) is 0 Å². The van der Waals surface area contributed by atoms with Crippen LogP contribution in [0.4, 0.5) is 24.5 Å². The number of carbonyl (C=O) groups is 2. The zero-order chi connectivity index (χ0) is 27.7. The number of benzene rings is 3. The summed E-state index contributed by atoms with van der Waals surface area (Å²) >= 11 is 6.48. The van der Waals surface area contributed by atoms with Crippen LogP contribution in [-0.2, 0) is 4.79 Å². The predicted octanol–water partition coefficient (Wildman–Crippen LogP) is 6.68. The number of aryl methyl sites for hydroxylation is 1. The highest BCUT2D eigenvalue weighted by molar-refractivity contribution is 6.34. The fraction of sp³-hybridized carbons (Fsp3) is 0.138. The van der Waals surface area contributed by atoms with E-state index in [0.29, 0.717) is 5.69 Å². The summed E-state index contributed by atoms with van der Waals surface area (Å²) in [6.45, 7) is 1.53. The van der Waals surface area contributed by atoms with Crippen molar-refractivity contribution in [3.05, 3.63) is 113 Å². The lowest BCUT2D eigenvalue weighted by atomic mass is 9.97. The Bertz CT molecular complexity index is 1620. The SMILES string of the molecule is Cc1ccn(-c2ccc(C(=O)N3CCC(F)(F)C(=CC(=O)Nc4cccc(F)c4)c4ccccc43)c(Cl)c2)n1. The number of aromatic nitrogens is 2. The number of anilines is 2. The van der Waals surface area contributed by atoms with Crippen molar-refractivity contribution in [1.29, 1.82) is 0 Å². The first kappa shape index (κ1) is 26.2. The third-order valence-electron chi connectivity index (χ3n) is 6.31. The largest absolute Gasteiger partial charge is 0.322 e. The van der Waals surface area contributed by atoms with E-state index in [2.05, 4.69) is 10.4 Å². The van der Waals surface area contributed by atoms with Gasteiger partial charge in [0.1, 0.15) is 5.82 Å². The molecule has 1 aromatic heterocycles. The van der Waals surface area contributed by atoms with Crippen LogP contribution >= 0.6 is 11.6 Å². The molecule has 0 saturated heterocycles. The number of hydrogen-bond donors (Lipinski definition) is 1. The fourth-order valence-corrected chi connectivity index (χ4v) is 4.69. The van der Waals surface area contributed by atoms with Crippen LogP contribution in [0.3, 0.4) is 0 Å². The average Bonchev–Trinajstić information content (AvgIpc) is 3.29. The van der Waals surface area contributed by atoms with Crippen molar-refractivity contribution in [1.82, 2.24) is 9.78 Å². The minimum absolute atomic E-state index is 0.0301. The normalized spacial score (nSPS) is 15.5. The van der Waals surface area contributed by atoms with Crippen molar-refractivity contribution < 1.29 is 22.8 Å². The molecule has 0 fully saturated rings. The van der Waals surface area contributed by atoms with E-state index in [4.69, 9.17) is 11.6 Å². The Morgan fingerprint density at radius 2 is 1.85 bits per heavy atom. The van der Waals surface area contributed by atoms with Crippen LogP contribution in [0.5, 0.6) is 0 Å². The zero-order valence-electron chi connectivity index (χ0n) is 20.7. The summed E-state index contributed by atoms with van der Waals surface area (Å²) in [7, 11) is 0. The molecule has 39 heavy (non-hydrogen) atoms. The Kier molecular flexibility index (Phi) is 7.01. The van der Waals surface area contributed by atoms with Crippen LogP contribution in [-0.4, -0.2) is 34.1 Å². The van der Waals surface area contributed by atoms with Gasteiger partial charge in [0.2, 0.25) is 5.91 Å². The third kappa shape index (κ3) is 5.44. The second-order valence-electron chi connectivity index (χ2n) is 9.05. The quantitative estimate of drug-likeness (QED) is 0.288. The molecule has 198 valence electrons. The Hall–Kier alpha value is -4.37. The summed E-state index contributed by atoms with van der Waals surface area (Å²) in [6, 6.07) is 17.9. The van der Waals surface area contributed by atoms with Gasteiger partial charge in [-0.05, 0) is 55.5 Å². The molecule has 1 aliphatic rings. The maximum atomic E-state index is 15.4. The van der Waals surface area contributed by atoms with Gasteiger partial charge < -0.3 is 10.2 Å². The van der Waals surface area contributed by atoms with Crippen molar-refractivity contribution >= 4 is 40.4 Å². The molecule has 2 heterocycles. The van der Waals surface area contributed by atoms with Crippen LogP contribution < -0.4 is 10.2 Å². The van der Waals surface area contributed by atoms with E-state index in [1.807, 2.05) is 13.0 Å². The predicted molar refractivity (Wildman–Crippen MR) is 144 cm³/mol. The molecule has 0 aliphatic carbocycles. The van der Waals surface area contributed by atoms with Gasteiger partial charge in [-0.25, -0.2) is 17.9 Å². The number of rotatable bonds is 4. The van der Waals surface area contributed by atoms with Gasteiger partial charge in [0.05, 0.1) is 27.7 Å². The molecule has 0 radical (unpaired) electrons. The van der Waals surface area contributed by atoms with E-state index in [1.165, 1.54) is 35.2 Å². The average molecular weight is 551 g/mol. The standard InChI is InChI=1S/C29H22ClF3N4O2/c1-18-11-13-37(35-18)21-9-10-23(25(30)16-21)28(39)36-14-12-29(32,33)24(22-7-2-3-8-26(22)36)17-27(38)34-20-6-4-5-19(31)15-20/h2-11,13,15-17H,12,14H2,1H3,(H,34,38). The molecule has 6 nitrogen and oxygen atoms in total. The van der Waals surface area contributed by atoms with E-state index in [1.54, 1.807) is 41.2 Å². The number of alkyl halides is 2. The van der Waals surface area contributed by atoms with Gasteiger partial charge in [-0.3, -0.25) is 9.59 Å².